The summed E-state index contributed by atoms with van der Waals surface area (Å²) in [6, 6.07) is 11.8. The number of benzene rings is 2. The summed E-state index contributed by atoms with van der Waals surface area (Å²) in [4.78, 5) is 6.73. The normalized spacial score (nSPS) is 18.3. The first kappa shape index (κ1) is 22.7. The monoisotopic (exact) mass is 428 g/mol. The van der Waals surface area contributed by atoms with Crippen LogP contribution in [0.1, 0.15) is 31.9 Å². The zero-order valence-electron chi connectivity index (χ0n) is 17.9. The standard InChI is InChI=1S/C25H27F3N2O/c1-17(19-7-4-9-21(26)13-19)29-25(16-31-24-12-6-11-23(28)15-24)30(3)18(2)20-8-5-10-22(27)14-20/h4-13,15,17-18,20H,14,16H2,1-3H3/t17-,18-,20?/m0/s1. The molecule has 0 aliphatic heterocycles. The minimum Gasteiger partial charge on any atom is -0.486 e. The van der Waals surface area contributed by atoms with Crippen molar-refractivity contribution < 1.29 is 17.9 Å². The Morgan fingerprint density at radius 2 is 1.81 bits per heavy atom. The molecular formula is C25H27F3N2O. The lowest BCUT2D eigenvalue weighted by Gasteiger charge is -2.34. The lowest BCUT2D eigenvalue weighted by Crippen LogP contribution is -2.42. The number of rotatable bonds is 7. The molecule has 3 atom stereocenters. The Bertz CT molecular complexity index is 986. The van der Waals surface area contributed by atoms with E-state index in [1.165, 1.54) is 30.3 Å². The highest BCUT2D eigenvalue weighted by Gasteiger charge is 2.25. The molecule has 6 heteroatoms. The van der Waals surface area contributed by atoms with Gasteiger partial charge in [0.15, 0.2) is 0 Å². The molecule has 0 saturated carbocycles. The number of allylic oxidation sites excluding steroid dienone is 3. The van der Waals surface area contributed by atoms with Crippen LogP contribution in [-0.4, -0.2) is 30.4 Å². The Labute approximate surface area is 181 Å². The molecule has 2 aromatic rings. The molecule has 0 radical (unpaired) electrons. The third-order valence-electron chi connectivity index (χ3n) is 5.54. The fourth-order valence-electron chi connectivity index (χ4n) is 3.52. The van der Waals surface area contributed by atoms with E-state index in [0.717, 1.165) is 5.56 Å². The maximum atomic E-state index is 13.8. The van der Waals surface area contributed by atoms with Crippen LogP contribution in [0.3, 0.4) is 0 Å². The largest absolute Gasteiger partial charge is 0.486 e. The highest BCUT2D eigenvalue weighted by Crippen LogP contribution is 2.26. The van der Waals surface area contributed by atoms with Crippen molar-refractivity contribution in [2.24, 2.45) is 10.9 Å². The highest BCUT2D eigenvalue weighted by atomic mass is 19.1. The summed E-state index contributed by atoms with van der Waals surface area (Å²) in [5.74, 6) is 0.0960. The van der Waals surface area contributed by atoms with E-state index in [2.05, 4.69) is 0 Å². The molecular weight excluding hydrogens is 401 g/mol. The predicted octanol–water partition coefficient (Wildman–Crippen LogP) is 6.25. The molecule has 0 bridgehead atoms. The minimum absolute atomic E-state index is 0.0288. The lowest BCUT2D eigenvalue weighted by molar-refractivity contribution is 0.276. The molecule has 0 heterocycles. The van der Waals surface area contributed by atoms with Gasteiger partial charge in [0.05, 0.1) is 6.04 Å². The van der Waals surface area contributed by atoms with Crippen molar-refractivity contribution in [2.75, 3.05) is 13.7 Å². The predicted molar refractivity (Wildman–Crippen MR) is 118 cm³/mol. The molecule has 0 aromatic heterocycles. The van der Waals surface area contributed by atoms with E-state index in [0.29, 0.717) is 18.0 Å². The first-order chi connectivity index (χ1) is 14.8. The van der Waals surface area contributed by atoms with Gasteiger partial charge >= 0.3 is 0 Å². The van der Waals surface area contributed by atoms with Gasteiger partial charge in [0.25, 0.3) is 0 Å². The minimum atomic E-state index is -0.388. The molecule has 0 N–H and O–H groups in total. The van der Waals surface area contributed by atoms with Crippen molar-refractivity contribution in [1.29, 1.82) is 0 Å². The van der Waals surface area contributed by atoms with Gasteiger partial charge in [0.1, 0.15) is 35.7 Å². The second kappa shape index (κ2) is 10.3. The van der Waals surface area contributed by atoms with E-state index in [1.54, 1.807) is 24.3 Å². The SMILES string of the molecule is C[C@H](N=C(COc1cccc(F)c1)N(C)[C@@H](C)C1C=CC=C(F)C1)c1cccc(F)c1. The van der Waals surface area contributed by atoms with Gasteiger partial charge in [-0.15, -0.1) is 0 Å². The second-order valence-electron chi connectivity index (χ2n) is 7.74. The zero-order chi connectivity index (χ0) is 22.4. The molecule has 0 spiro atoms. The summed E-state index contributed by atoms with van der Waals surface area (Å²) in [6.45, 7) is 3.97. The molecule has 164 valence electrons. The number of amidine groups is 1. The van der Waals surface area contributed by atoms with Crippen LogP contribution in [0.4, 0.5) is 13.2 Å². The lowest BCUT2D eigenvalue weighted by atomic mass is 9.92. The summed E-state index contributed by atoms with van der Waals surface area (Å²) in [7, 11) is 1.88. The van der Waals surface area contributed by atoms with Gasteiger partial charge in [-0.3, -0.25) is 4.99 Å². The number of hydrogen-bond donors (Lipinski definition) is 0. The van der Waals surface area contributed by atoms with Crippen LogP contribution in [0.15, 0.2) is 77.6 Å². The van der Waals surface area contributed by atoms with Crippen molar-refractivity contribution in [3.8, 4) is 5.75 Å². The van der Waals surface area contributed by atoms with E-state index >= 15 is 0 Å². The summed E-state index contributed by atoms with van der Waals surface area (Å²) in [5, 5.41) is 0. The highest BCUT2D eigenvalue weighted by molar-refractivity contribution is 5.84. The number of aliphatic imine (C=N–C) groups is 1. The van der Waals surface area contributed by atoms with Gasteiger partial charge in [0.2, 0.25) is 0 Å². The van der Waals surface area contributed by atoms with Gasteiger partial charge < -0.3 is 9.64 Å². The van der Waals surface area contributed by atoms with Crippen LogP contribution in [0.2, 0.25) is 0 Å². The van der Waals surface area contributed by atoms with Crippen molar-refractivity contribution in [3.05, 3.63) is 89.8 Å². The van der Waals surface area contributed by atoms with Crippen LogP contribution in [-0.2, 0) is 0 Å². The maximum absolute atomic E-state index is 13.8. The molecule has 0 amide bonds. The number of nitrogens with zero attached hydrogens (tertiary/aromatic N) is 2. The molecule has 0 saturated heterocycles. The first-order valence-electron chi connectivity index (χ1n) is 10.3. The zero-order valence-corrected chi connectivity index (χ0v) is 17.9. The summed E-state index contributed by atoms with van der Waals surface area (Å²) >= 11 is 0. The third kappa shape index (κ3) is 6.23. The number of ether oxygens (including phenoxy) is 1. The molecule has 1 aliphatic rings. The van der Waals surface area contributed by atoms with Crippen LogP contribution in [0.25, 0.3) is 0 Å². The van der Waals surface area contributed by atoms with Gasteiger partial charge in [-0.1, -0.05) is 30.4 Å². The van der Waals surface area contributed by atoms with Gasteiger partial charge in [-0.2, -0.15) is 0 Å². The Balaban J connectivity index is 1.83. The van der Waals surface area contributed by atoms with E-state index in [9.17, 15) is 13.2 Å². The summed E-state index contributed by atoms with van der Waals surface area (Å²) < 4.78 is 46.8. The van der Waals surface area contributed by atoms with E-state index in [4.69, 9.17) is 9.73 Å². The smallest absolute Gasteiger partial charge is 0.145 e. The molecule has 0 fully saturated rings. The molecule has 1 unspecified atom stereocenters. The van der Waals surface area contributed by atoms with E-state index in [-0.39, 0.29) is 42.1 Å². The van der Waals surface area contributed by atoms with Crippen LogP contribution >= 0.6 is 0 Å². The Morgan fingerprint density at radius 3 is 2.48 bits per heavy atom. The average Bonchev–Trinajstić information content (AvgIpc) is 2.75. The van der Waals surface area contributed by atoms with Crippen molar-refractivity contribution >= 4 is 5.84 Å². The Morgan fingerprint density at radius 1 is 1.10 bits per heavy atom. The Kier molecular flexibility index (Phi) is 7.55. The fourth-order valence-corrected chi connectivity index (χ4v) is 3.52. The second-order valence-corrected chi connectivity index (χ2v) is 7.74. The molecule has 2 aromatic carbocycles. The molecule has 3 nitrogen and oxygen atoms in total. The number of likely N-dealkylation sites (N-methyl/N-ethyl adjacent to an activating group) is 1. The van der Waals surface area contributed by atoms with Crippen LogP contribution < -0.4 is 4.74 Å². The number of halogens is 3. The quantitative estimate of drug-likeness (QED) is 0.384. The van der Waals surface area contributed by atoms with E-state index in [1.807, 2.05) is 37.9 Å². The van der Waals surface area contributed by atoms with E-state index < -0.39 is 0 Å². The van der Waals surface area contributed by atoms with Crippen LogP contribution in [0.5, 0.6) is 5.75 Å². The Hall–Kier alpha value is -3.02. The molecule has 31 heavy (non-hydrogen) atoms. The van der Waals surface area contributed by atoms with Crippen molar-refractivity contribution in [3.63, 3.8) is 0 Å². The van der Waals surface area contributed by atoms with Crippen LogP contribution in [0, 0.1) is 17.6 Å². The van der Waals surface area contributed by atoms with Gasteiger partial charge in [-0.25, -0.2) is 13.2 Å². The van der Waals surface area contributed by atoms with Crippen molar-refractivity contribution in [2.45, 2.75) is 32.4 Å². The fraction of sp³-hybridized carbons (Fsp3) is 0.320. The van der Waals surface area contributed by atoms with Gasteiger partial charge in [-0.05, 0) is 49.8 Å². The molecule has 3 rings (SSSR count). The maximum Gasteiger partial charge on any atom is 0.145 e. The van der Waals surface area contributed by atoms with Crippen molar-refractivity contribution in [1.82, 2.24) is 4.90 Å². The topological polar surface area (TPSA) is 24.8 Å². The summed E-state index contributed by atoms with van der Waals surface area (Å²) in [5.41, 5.74) is 0.732. The summed E-state index contributed by atoms with van der Waals surface area (Å²) in [6.07, 6.45) is 5.49. The molecule has 1 aliphatic carbocycles. The van der Waals surface area contributed by atoms with Gasteiger partial charge in [0, 0.05) is 31.5 Å². The third-order valence-corrected chi connectivity index (χ3v) is 5.54. The first-order valence-corrected chi connectivity index (χ1v) is 10.3. The average molecular weight is 428 g/mol. The number of hydrogen-bond acceptors (Lipinski definition) is 2.